The maximum Gasteiger partial charge on any atom is 0.255 e. The van der Waals surface area contributed by atoms with Gasteiger partial charge in [0.15, 0.2) is 0 Å². The summed E-state index contributed by atoms with van der Waals surface area (Å²) in [4.78, 5) is 40.1. The van der Waals surface area contributed by atoms with Gasteiger partial charge in [0.2, 0.25) is 5.91 Å². The molecule has 2 aromatic heterocycles. The Bertz CT molecular complexity index is 689. The predicted molar refractivity (Wildman–Crippen MR) is 68.6 cm³/mol. The number of primary amides is 1. The van der Waals surface area contributed by atoms with Gasteiger partial charge < -0.3 is 16.0 Å². The third-order valence-corrected chi connectivity index (χ3v) is 2.48. The Morgan fingerprint density at radius 2 is 2.20 bits per heavy atom. The highest BCUT2D eigenvalue weighted by atomic mass is 16.2. The summed E-state index contributed by atoms with van der Waals surface area (Å²) in [6.07, 6.45) is 2.59. The summed E-state index contributed by atoms with van der Waals surface area (Å²) in [6, 6.07) is 1.24. The second-order valence-electron chi connectivity index (χ2n) is 3.93. The number of hydrogen-bond acceptors (Lipinski definition) is 5. The highest BCUT2D eigenvalue weighted by Crippen LogP contribution is 2.16. The molecule has 2 heterocycles. The quantitative estimate of drug-likeness (QED) is 0.539. The first kappa shape index (κ1) is 13.5. The number of H-pyrrole nitrogens is 2. The van der Waals surface area contributed by atoms with Gasteiger partial charge in [0, 0.05) is 19.0 Å². The lowest BCUT2D eigenvalue weighted by molar-refractivity contribution is -0.117. The van der Waals surface area contributed by atoms with Crippen LogP contribution in [0.2, 0.25) is 0 Å². The van der Waals surface area contributed by atoms with Crippen LogP contribution < -0.4 is 16.6 Å². The Morgan fingerprint density at radius 1 is 1.40 bits per heavy atom. The first-order valence-corrected chi connectivity index (χ1v) is 5.73. The van der Waals surface area contributed by atoms with E-state index >= 15 is 0 Å². The van der Waals surface area contributed by atoms with Crippen LogP contribution >= 0.6 is 0 Å². The van der Waals surface area contributed by atoms with Crippen molar-refractivity contribution in [1.82, 2.24) is 25.5 Å². The van der Waals surface area contributed by atoms with Gasteiger partial charge >= 0.3 is 0 Å². The van der Waals surface area contributed by atoms with Gasteiger partial charge in [0.05, 0.1) is 29.5 Å². The molecular weight excluding hydrogens is 264 g/mol. The molecule has 0 aliphatic carbocycles. The SMILES string of the molecule is NC(=O)CCNC(=O)c1cn[nH]c1-c1cc(=O)[nH]cn1. The van der Waals surface area contributed by atoms with Crippen molar-refractivity contribution in [1.29, 1.82) is 0 Å². The zero-order chi connectivity index (χ0) is 14.5. The lowest BCUT2D eigenvalue weighted by Gasteiger charge is -2.04. The van der Waals surface area contributed by atoms with Gasteiger partial charge in [-0.05, 0) is 0 Å². The van der Waals surface area contributed by atoms with Crippen LogP contribution in [0.4, 0.5) is 0 Å². The third-order valence-electron chi connectivity index (χ3n) is 2.48. The molecule has 0 atom stereocenters. The molecule has 20 heavy (non-hydrogen) atoms. The molecule has 5 N–H and O–H groups in total. The largest absolute Gasteiger partial charge is 0.370 e. The Balaban J connectivity index is 2.18. The van der Waals surface area contributed by atoms with Crippen LogP contribution in [0.3, 0.4) is 0 Å². The average molecular weight is 276 g/mol. The summed E-state index contributed by atoms with van der Waals surface area (Å²) in [5.41, 5.74) is 5.49. The van der Waals surface area contributed by atoms with E-state index in [0.717, 1.165) is 0 Å². The molecule has 2 aromatic rings. The van der Waals surface area contributed by atoms with Crippen LogP contribution in [0, 0.1) is 0 Å². The first-order chi connectivity index (χ1) is 9.58. The van der Waals surface area contributed by atoms with Crippen LogP contribution in [0.25, 0.3) is 11.4 Å². The van der Waals surface area contributed by atoms with Crippen LogP contribution in [-0.2, 0) is 4.79 Å². The van der Waals surface area contributed by atoms with Gasteiger partial charge in [-0.2, -0.15) is 5.10 Å². The fraction of sp³-hybridized carbons (Fsp3) is 0.182. The van der Waals surface area contributed by atoms with Crippen LogP contribution in [0.1, 0.15) is 16.8 Å². The van der Waals surface area contributed by atoms with Crippen molar-refractivity contribution < 1.29 is 9.59 Å². The number of nitrogens with zero attached hydrogens (tertiary/aromatic N) is 2. The lowest BCUT2D eigenvalue weighted by atomic mass is 10.2. The summed E-state index contributed by atoms with van der Waals surface area (Å²) in [5.74, 6) is -0.939. The number of amides is 2. The molecule has 9 nitrogen and oxygen atoms in total. The minimum Gasteiger partial charge on any atom is -0.370 e. The topological polar surface area (TPSA) is 147 Å². The molecule has 9 heteroatoms. The van der Waals surface area contributed by atoms with Gasteiger partial charge in [-0.15, -0.1) is 0 Å². The van der Waals surface area contributed by atoms with E-state index in [2.05, 4.69) is 25.5 Å². The minimum absolute atomic E-state index is 0.0438. The number of nitrogens with two attached hydrogens (primary N) is 1. The van der Waals surface area contributed by atoms with Crippen molar-refractivity contribution in [2.45, 2.75) is 6.42 Å². The minimum atomic E-state index is -0.506. The van der Waals surface area contributed by atoms with Crippen molar-refractivity contribution in [2.75, 3.05) is 6.54 Å². The maximum absolute atomic E-state index is 11.9. The van der Waals surface area contributed by atoms with Gasteiger partial charge in [-0.1, -0.05) is 0 Å². The molecule has 2 amide bonds. The second-order valence-corrected chi connectivity index (χ2v) is 3.93. The van der Waals surface area contributed by atoms with E-state index in [1.54, 1.807) is 0 Å². The maximum atomic E-state index is 11.9. The molecule has 0 saturated heterocycles. The van der Waals surface area contributed by atoms with E-state index in [9.17, 15) is 14.4 Å². The van der Waals surface area contributed by atoms with Crippen molar-refractivity contribution in [3.63, 3.8) is 0 Å². The monoisotopic (exact) mass is 276 g/mol. The molecule has 2 rings (SSSR count). The normalized spacial score (nSPS) is 10.2. The van der Waals surface area contributed by atoms with E-state index < -0.39 is 11.8 Å². The van der Waals surface area contributed by atoms with E-state index in [-0.39, 0.29) is 24.1 Å². The molecule has 0 radical (unpaired) electrons. The highest BCUT2D eigenvalue weighted by Gasteiger charge is 2.16. The molecule has 0 saturated carbocycles. The molecule has 0 aliphatic rings. The molecule has 0 aliphatic heterocycles. The summed E-state index contributed by atoms with van der Waals surface area (Å²) in [5, 5.41) is 8.90. The van der Waals surface area contributed by atoms with Crippen LogP contribution in [-0.4, -0.2) is 38.5 Å². The average Bonchev–Trinajstić information content (AvgIpc) is 2.87. The highest BCUT2D eigenvalue weighted by molar-refractivity contribution is 5.99. The zero-order valence-electron chi connectivity index (χ0n) is 10.3. The lowest BCUT2D eigenvalue weighted by Crippen LogP contribution is -2.28. The van der Waals surface area contributed by atoms with E-state index in [1.807, 2.05) is 0 Å². The van der Waals surface area contributed by atoms with E-state index in [0.29, 0.717) is 11.4 Å². The summed E-state index contributed by atoms with van der Waals surface area (Å²) < 4.78 is 0. The van der Waals surface area contributed by atoms with Crippen molar-refractivity contribution >= 4 is 11.8 Å². The first-order valence-electron chi connectivity index (χ1n) is 5.73. The number of hydrogen-bond donors (Lipinski definition) is 4. The Labute approximate surface area is 112 Å². The Kier molecular flexibility index (Phi) is 3.89. The third kappa shape index (κ3) is 3.07. The number of rotatable bonds is 5. The standard InChI is InChI=1S/C11H12N6O3/c12-8(18)1-2-13-11(20)6-4-16-17-10(6)7-3-9(19)15-5-14-7/h3-5H,1-2H2,(H2,12,18)(H,13,20)(H,16,17)(H,14,15,19). The summed E-state index contributed by atoms with van der Waals surface area (Å²) >= 11 is 0. The summed E-state index contributed by atoms with van der Waals surface area (Å²) in [7, 11) is 0. The Hall–Kier alpha value is -2.97. The van der Waals surface area contributed by atoms with E-state index in [4.69, 9.17) is 5.73 Å². The molecule has 104 valence electrons. The van der Waals surface area contributed by atoms with Gasteiger partial charge in [0.25, 0.3) is 11.5 Å². The predicted octanol–water partition coefficient (Wildman–Crippen LogP) is -1.23. The molecule has 0 unspecified atom stereocenters. The molecule has 0 fully saturated rings. The van der Waals surface area contributed by atoms with E-state index in [1.165, 1.54) is 18.6 Å². The zero-order valence-corrected chi connectivity index (χ0v) is 10.3. The van der Waals surface area contributed by atoms with Crippen LogP contribution in [0.5, 0.6) is 0 Å². The molecule has 0 aromatic carbocycles. The molecule has 0 spiro atoms. The number of aromatic amines is 2. The number of carbonyl (C=O) groups is 2. The van der Waals surface area contributed by atoms with Crippen molar-refractivity contribution in [2.24, 2.45) is 5.73 Å². The fourth-order valence-corrected chi connectivity index (χ4v) is 1.55. The fourth-order valence-electron chi connectivity index (χ4n) is 1.55. The van der Waals surface area contributed by atoms with Gasteiger partial charge in [-0.3, -0.25) is 19.5 Å². The van der Waals surface area contributed by atoms with Gasteiger partial charge in [0.1, 0.15) is 0 Å². The van der Waals surface area contributed by atoms with Crippen molar-refractivity contribution in [3.05, 3.63) is 34.5 Å². The number of nitrogens with one attached hydrogen (secondary N) is 3. The van der Waals surface area contributed by atoms with Crippen molar-refractivity contribution in [3.8, 4) is 11.4 Å². The smallest absolute Gasteiger partial charge is 0.255 e. The van der Waals surface area contributed by atoms with Crippen LogP contribution in [0.15, 0.2) is 23.4 Å². The number of carbonyl (C=O) groups excluding carboxylic acids is 2. The second kappa shape index (κ2) is 5.78. The van der Waals surface area contributed by atoms with Gasteiger partial charge in [-0.25, -0.2) is 4.98 Å². The summed E-state index contributed by atoms with van der Waals surface area (Å²) in [6.45, 7) is 0.127. The Morgan fingerprint density at radius 3 is 2.90 bits per heavy atom. The molecular formula is C11H12N6O3. The molecule has 0 bridgehead atoms. The number of aromatic nitrogens is 4.